The molecule has 1 saturated carbocycles. The number of ketones is 1. The first-order valence-corrected chi connectivity index (χ1v) is 8.92. The molecular weight excluding hydrogens is 348 g/mol. The number of nitrogens with zero attached hydrogens (tertiary/aromatic N) is 1. The van der Waals surface area contributed by atoms with Crippen LogP contribution in [-0.4, -0.2) is 41.0 Å². The zero-order valence-electron chi connectivity index (χ0n) is 16.3. The molecule has 2 aromatic rings. The predicted octanol–water partition coefficient (Wildman–Crippen LogP) is 3.21. The van der Waals surface area contributed by atoms with E-state index in [2.05, 4.69) is 9.55 Å². The van der Waals surface area contributed by atoms with Gasteiger partial charge in [0.2, 0.25) is 5.78 Å². The van der Waals surface area contributed by atoms with Gasteiger partial charge in [-0.2, -0.15) is 0 Å². The SMILES string of the molecule is COC(=O)c1c(C)[nH]c(C(=O)OCC(=O)c2cc(C)n(C3CC3)c2C)c1C. The molecule has 1 fully saturated rings. The second-order valence-electron chi connectivity index (χ2n) is 7.00. The van der Waals surface area contributed by atoms with Crippen molar-refractivity contribution in [3.8, 4) is 0 Å². The van der Waals surface area contributed by atoms with E-state index in [0.717, 1.165) is 24.2 Å². The van der Waals surface area contributed by atoms with Crippen LogP contribution in [0.4, 0.5) is 0 Å². The van der Waals surface area contributed by atoms with Gasteiger partial charge in [-0.15, -0.1) is 0 Å². The number of Topliss-reactive ketones (excluding diaryl/α,β-unsaturated/α-hetero) is 1. The Balaban J connectivity index is 1.72. The Bertz CT molecular complexity index is 931. The Morgan fingerprint density at radius 1 is 1.15 bits per heavy atom. The molecule has 0 spiro atoms. The normalized spacial score (nSPS) is 13.5. The van der Waals surface area contributed by atoms with Crippen molar-refractivity contribution in [2.45, 2.75) is 46.6 Å². The Morgan fingerprint density at radius 3 is 2.41 bits per heavy atom. The van der Waals surface area contributed by atoms with Crippen molar-refractivity contribution in [3.63, 3.8) is 0 Å². The predicted molar refractivity (Wildman–Crippen MR) is 98.4 cm³/mol. The lowest BCUT2D eigenvalue weighted by Gasteiger charge is -2.08. The van der Waals surface area contributed by atoms with Crippen molar-refractivity contribution in [2.24, 2.45) is 0 Å². The molecule has 0 aromatic carbocycles. The van der Waals surface area contributed by atoms with E-state index >= 15 is 0 Å². The number of aromatic amines is 1. The van der Waals surface area contributed by atoms with E-state index in [4.69, 9.17) is 9.47 Å². The first-order chi connectivity index (χ1) is 12.8. The number of H-pyrrole nitrogens is 1. The van der Waals surface area contributed by atoms with E-state index in [9.17, 15) is 14.4 Å². The molecule has 1 N–H and O–H groups in total. The number of rotatable bonds is 6. The Kier molecular flexibility index (Phi) is 4.95. The summed E-state index contributed by atoms with van der Waals surface area (Å²) < 4.78 is 12.1. The standard InChI is InChI=1S/C20H24N2O5/c1-10-8-15(13(4)22(10)14-6-7-14)16(23)9-27-20(25)18-11(2)17(12(3)21-18)19(24)26-5/h8,14,21H,6-7,9H2,1-5H3. The number of hydrogen-bond acceptors (Lipinski definition) is 5. The van der Waals surface area contributed by atoms with Crippen LogP contribution in [0.25, 0.3) is 0 Å². The monoisotopic (exact) mass is 372 g/mol. The number of methoxy groups -OCH3 is 1. The number of esters is 2. The average molecular weight is 372 g/mol. The third kappa shape index (κ3) is 3.41. The highest BCUT2D eigenvalue weighted by Gasteiger charge is 2.29. The number of aromatic nitrogens is 2. The molecule has 7 nitrogen and oxygen atoms in total. The molecule has 2 aromatic heterocycles. The lowest BCUT2D eigenvalue weighted by Crippen LogP contribution is -2.16. The molecule has 144 valence electrons. The van der Waals surface area contributed by atoms with Crippen LogP contribution in [0.15, 0.2) is 6.07 Å². The van der Waals surface area contributed by atoms with E-state index in [1.807, 2.05) is 19.9 Å². The van der Waals surface area contributed by atoms with Gasteiger partial charge in [0.15, 0.2) is 6.61 Å². The topological polar surface area (TPSA) is 90.4 Å². The summed E-state index contributed by atoms with van der Waals surface area (Å²) in [5.41, 5.74) is 3.98. The van der Waals surface area contributed by atoms with Crippen LogP contribution in [0.2, 0.25) is 0 Å². The van der Waals surface area contributed by atoms with Crippen LogP contribution in [0.1, 0.15) is 72.7 Å². The third-order valence-corrected chi connectivity index (χ3v) is 5.06. The first-order valence-electron chi connectivity index (χ1n) is 8.92. The average Bonchev–Trinajstić information content (AvgIpc) is 3.35. The molecule has 0 aliphatic heterocycles. The van der Waals surface area contributed by atoms with Crippen molar-refractivity contribution in [1.29, 1.82) is 0 Å². The van der Waals surface area contributed by atoms with Crippen molar-refractivity contribution in [2.75, 3.05) is 13.7 Å². The van der Waals surface area contributed by atoms with E-state index < -0.39 is 11.9 Å². The fourth-order valence-electron chi connectivity index (χ4n) is 3.60. The van der Waals surface area contributed by atoms with Gasteiger partial charge in [0.05, 0.1) is 12.7 Å². The van der Waals surface area contributed by atoms with Crippen LogP contribution in [0, 0.1) is 27.7 Å². The Morgan fingerprint density at radius 2 is 1.81 bits per heavy atom. The van der Waals surface area contributed by atoms with Crippen LogP contribution < -0.4 is 0 Å². The van der Waals surface area contributed by atoms with Crippen molar-refractivity contribution >= 4 is 17.7 Å². The maximum absolute atomic E-state index is 12.5. The van der Waals surface area contributed by atoms with Gasteiger partial charge in [-0.05, 0) is 52.2 Å². The van der Waals surface area contributed by atoms with Crippen molar-refractivity contribution in [1.82, 2.24) is 9.55 Å². The molecule has 0 unspecified atom stereocenters. The second kappa shape index (κ2) is 7.06. The van der Waals surface area contributed by atoms with Gasteiger partial charge in [0, 0.05) is 28.7 Å². The van der Waals surface area contributed by atoms with Gasteiger partial charge in [-0.1, -0.05) is 0 Å². The third-order valence-electron chi connectivity index (χ3n) is 5.06. The van der Waals surface area contributed by atoms with Gasteiger partial charge < -0.3 is 19.0 Å². The highest BCUT2D eigenvalue weighted by molar-refractivity contribution is 6.02. The lowest BCUT2D eigenvalue weighted by atomic mass is 10.1. The van der Waals surface area contributed by atoms with E-state index in [-0.39, 0.29) is 18.1 Å². The maximum atomic E-state index is 12.5. The van der Waals surface area contributed by atoms with Gasteiger partial charge in [-0.3, -0.25) is 4.79 Å². The van der Waals surface area contributed by atoms with E-state index in [1.165, 1.54) is 7.11 Å². The molecule has 0 amide bonds. The highest BCUT2D eigenvalue weighted by Crippen LogP contribution is 2.38. The van der Waals surface area contributed by atoms with Gasteiger partial charge >= 0.3 is 11.9 Å². The molecule has 1 aliphatic carbocycles. The number of carbonyl (C=O) groups excluding carboxylic acids is 3. The molecule has 3 rings (SSSR count). The minimum atomic E-state index is -0.671. The fourth-order valence-corrected chi connectivity index (χ4v) is 3.60. The zero-order valence-corrected chi connectivity index (χ0v) is 16.3. The van der Waals surface area contributed by atoms with Crippen molar-refractivity contribution in [3.05, 3.63) is 45.5 Å². The first kappa shape index (κ1) is 18.9. The van der Waals surface area contributed by atoms with Gasteiger partial charge in [0.25, 0.3) is 0 Å². The van der Waals surface area contributed by atoms with E-state index in [1.54, 1.807) is 13.8 Å². The number of aryl methyl sites for hydroxylation is 2. The van der Waals surface area contributed by atoms with Gasteiger partial charge in [-0.25, -0.2) is 9.59 Å². The molecule has 0 saturated heterocycles. The quantitative estimate of drug-likeness (QED) is 0.621. The van der Waals surface area contributed by atoms with Crippen LogP contribution in [-0.2, 0) is 9.47 Å². The summed E-state index contributed by atoms with van der Waals surface area (Å²) in [5.74, 6) is -1.43. The Hall–Kier alpha value is -2.83. The molecular formula is C20H24N2O5. The molecule has 0 atom stereocenters. The second-order valence-corrected chi connectivity index (χ2v) is 7.00. The number of ether oxygens (including phenoxy) is 2. The fraction of sp³-hybridized carbons (Fsp3) is 0.450. The largest absolute Gasteiger partial charge is 0.465 e. The number of carbonyl (C=O) groups is 3. The van der Waals surface area contributed by atoms with Crippen LogP contribution in [0.5, 0.6) is 0 Å². The summed E-state index contributed by atoms with van der Waals surface area (Å²) in [6, 6.07) is 2.33. The summed E-state index contributed by atoms with van der Waals surface area (Å²) >= 11 is 0. The van der Waals surface area contributed by atoms with Crippen LogP contribution >= 0.6 is 0 Å². The Labute approximate surface area is 157 Å². The molecule has 1 aliphatic rings. The minimum absolute atomic E-state index is 0.157. The number of nitrogens with one attached hydrogen (secondary N) is 1. The number of hydrogen-bond donors (Lipinski definition) is 1. The van der Waals surface area contributed by atoms with Crippen LogP contribution in [0.3, 0.4) is 0 Å². The summed E-state index contributed by atoms with van der Waals surface area (Å²) in [6.07, 6.45) is 2.26. The summed E-state index contributed by atoms with van der Waals surface area (Å²) in [4.78, 5) is 39.6. The van der Waals surface area contributed by atoms with Crippen molar-refractivity contribution < 1.29 is 23.9 Å². The van der Waals surface area contributed by atoms with E-state index in [0.29, 0.717) is 28.4 Å². The lowest BCUT2D eigenvalue weighted by molar-refractivity contribution is 0.0468. The zero-order chi connectivity index (χ0) is 19.9. The summed E-state index contributed by atoms with van der Waals surface area (Å²) in [5, 5.41) is 0. The summed E-state index contributed by atoms with van der Waals surface area (Å²) in [7, 11) is 1.28. The summed E-state index contributed by atoms with van der Waals surface area (Å²) in [6.45, 7) is 6.86. The molecule has 0 bridgehead atoms. The molecule has 2 heterocycles. The maximum Gasteiger partial charge on any atom is 0.355 e. The smallest absolute Gasteiger partial charge is 0.355 e. The highest BCUT2D eigenvalue weighted by atomic mass is 16.5. The van der Waals surface area contributed by atoms with Gasteiger partial charge in [0.1, 0.15) is 5.69 Å². The minimum Gasteiger partial charge on any atom is -0.465 e. The molecule has 0 radical (unpaired) electrons. The molecule has 27 heavy (non-hydrogen) atoms. The molecule has 7 heteroatoms.